The summed E-state index contributed by atoms with van der Waals surface area (Å²) in [5, 5.41) is -0.223. The van der Waals surface area contributed by atoms with Gasteiger partial charge in [-0.2, -0.15) is 0 Å². The summed E-state index contributed by atoms with van der Waals surface area (Å²) < 4.78 is 5.93. The van der Waals surface area contributed by atoms with Gasteiger partial charge in [0, 0.05) is 11.8 Å². The number of esters is 1. The standard InChI is InChI=1S/C38H51ClO4/c1-33(2)25(31(39)41)13-15-36(5)29(33)14-16-38(7)30(36)28(40)21-26-27-22-35(4,18-17-34(27,3)19-20-37(26,38)6)32(42)43-23-24-11-9-8-10-12-24/h8-12,21,25,27,29-30H,13-20,22-23H2,1-7H3/t25-,27?,29?,30?,34-,35+,36+,37-,38-/m1/s1. The normalized spacial score (nSPS) is 45.0. The molecular formula is C38H51ClO4. The third kappa shape index (κ3) is 4.38. The molecule has 5 aliphatic rings. The number of hydrogen-bond donors (Lipinski definition) is 0. The lowest BCUT2D eigenvalue weighted by Gasteiger charge is -2.70. The van der Waals surface area contributed by atoms with Gasteiger partial charge in [0.15, 0.2) is 5.78 Å². The number of rotatable bonds is 4. The summed E-state index contributed by atoms with van der Waals surface area (Å²) >= 11 is 6.15. The summed E-state index contributed by atoms with van der Waals surface area (Å²) in [6.45, 7) is 16.4. The van der Waals surface area contributed by atoms with Gasteiger partial charge < -0.3 is 4.74 Å². The van der Waals surface area contributed by atoms with E-state index in [0.717, 1.165) is 63.4 Å². The zero-order valence-corrected chi connectivity index (χ0v) is 28.1. The van der Waals surface area contributed by atoms with Crippen molar-refractivity contribution >= 4 is 28.6 Å². The van der Waals surface area contributed by atoms with Crippen LogP contribution in [0.2, 0.25) is 0 Å². The number of benzene rings is 1. The van der Waals surface area contributed by atoms with Gasteiger partial charge in [-0.1, -0.05) is 77.4 Å². The largest absolute Gasteiger partial charge is 0.460 e. The maximum atomic E-state index is 14.6. The van der Waals surface area contributed by atoms with Crippen LogP contribution in [0.3, 0.4) is 0 Å². The second kappa shape index (κ2) is 10.0. The molecule has 0 spiro atoms. The van der Waals surface area contributed by atoms with Crippen LogP contribution in [0.25, 0.3) is 0 Å². The van der Waals surface area contributed by atoms with Gasteiger partial charge in [0.1, 0.15) is 6.61 Å². The van der Waals surface area contributed by atoms with Gasteiger partial charge >= 0.3 is 5.97 Å². The number of ketones is 1. The first kappa shape index (κ1) is 31.1. The lowest BCUT2D eigenvalue weighted by Crippen LogP contribution is -2.66. The van der Waals surface area contributed by atoms with Crippen LogP contribution in [0, 0.1) is 56.2 Å². The Labute approximate surface area is 263 Å². The molecular weight excluding hydrogens is 556 g/mol. The van der Waals surface area contributed by atoms with Crippen molar-refractivity contribution in [1.82, 2.24) is 0 Å². The fourth-order valence-electron chi connectivity index (χ4n) is 11.7. The van der Waals surface area contributed by atoms with E-state index in [2.05, 4.69) is 54.5 Å². The Morgan fingerprint density at radius 2 is 1.56 bits per heavy atom. The molecule has 0 aliphatic heterocycles. The molecule has 0 radical (unpaired) electrons. The summed E-state index contributed by atoms with van der Waals surface area (Å²) in [5.74, 6) is 0.383. The molecule has 3 unspecified atom stereocenters. The Kier molecular flexibility index (Phi) is 7.25. The minimum atomic E-state index is -0.570. The van der Waals surface area contributed by atoms with Crippen LogP contribution < -0.4 is 0 Å². The van der Waals surface area contributed by atoms with Crippen LogP contribution in [0.5, 0.6) is 0 Å². The number of carbonyl (C=O) groups excluding carboxylic acids is 3. The molecule has 0 aromatic heterocycles. The van der Waals surface area contributed by atoms with Crippen molar-refractivity contribution in [3.63, 3.8) is 0 Å². The van der Waals surface area contributed by atoms with E-state index in [9.17, 15) is 14.4 Å². The molecule has 9 atom stereocenters. The van der Waals surface area contributed by atoms with Crippen LogP contribution in [0.1, 0.15) is 112 Å². The van der Waals surface area contributed by atoms with E-state index in [4.69, 9.17) is 16.3 Å². The number of halogens is 1. The molecule has 5 heteroatoms. The molecule has 0 bridgehead atoms. The highest BCUT2D eigenvalue weighted by atomic mass is 35.5. The molecule has 0 saturated heterocycles. The molecule has 1 aromatic rings. The molecule has 4 fully saturated rings. The molecule has 0 amide bonds. The minimum Gasteiger partial charge on any atom is -0.460 e. The molecule has 6 rings (SSSR count). The van der Waals surface area contributed by atoms with Gasteiger partial charge in [-0.15, -0.1) is 0 Å². The lowest BCUT2D eigenvalue weighted by atomic mass is 9.33. The Bertz CT molecular complexity index is 1360. The first-order valence-electron chi connectivity index (χ1n) is 16.7. The third-order valence-corrected chi connectivity index (χ3v) is 14.9. The van der Waals surface area contributed by atoms with Crippen LogP contribution in [-0.2, 0) is 25.7 Å². The van der Waals surface area contributed by atoms with E-state index in [1.165, 1.54) is 5.57 Å². The van der Waals surface area contributed by atoms with Crippen molar-refractivity contribution in [3.05, 3.63) is 47.5 Å². The highest BCUT2D eigenvalue weighted by molar-refractivity contribution is 6.64. The van der Waals surface area contributed by atoms with Gasteiger partial charge in [-0.3, -0.25) is 14.4 Å². The number of ether oxygens (including phenoxy) is 1. The second-order valence-corrected chi connectivity index (χ2v) is 17.4. The van der Waals surface area contributed by atoms with Crippen LogP contribution in [0.4, 0.5) is 0 Å². The van der Waals surface area contributed by atoms with Gasteiger partial charge in [0.05, 0.1) is 5.41 Å². The maximum Gasteiger partial charge on any atom is 0.312 e. The molecule has 4 nitrogen and oxygen atoms in total. The van der Waals surface area contributed by atoms with Crippen molar-refractivity contribution < 1.29 is 19.1 Å². The van der Waals surface area contributed by atoms with E-state index < -0.39 is 5.41 Å². The fraction of sp³-hybridized carbons (Fsp3) is 0.711. The molecule has 0 N–H and O–H groups in total. The SMILES string of the molecule is CC1(C)C2CC[C@]3(C)C(C(=O)C=C4C5C[C@@](C)(C(=O)OCc6ccccc6)CC[C@]5(C)CC[C@]43C)[C@@]2(C)CC[C@@H]1C(=O)Cl. The van der Waals surface area contributed by atoms with Gasteiger partial charge in [-0.05, 0) is 127 Å². The van der Waals surface area contributed by atoms with E-state index in [0.29, 0.717) is 6.61 Å². The van der Waals surface area contributed by atoms with Gasteiger partial charge in [0.2, 0.25) is 5.24 Å². The molecule has 234 valence electrons. The topological polar surface area (TPSA) is 60.4 Å². The lowest BCUT2D eigenvalue weighted by molar-refractivity contribution is -0.193. The molecule has 1 aromatic carbocycles. The summed E-state index contributed by atoms with van der Waals surface area (Å²) in [4.78, 5) is 40.7. The molecule has 4 saturated carbocycles. The van der Waals surface area contributed by atoms with Crippen LogP contribution >= 0.6 is 11.6 Å². The first-order chi connectivity index (χ1) is 20.0. The van der Waals surface area contributed by atoms with Crippen molar-refractivity contribution in [2.45, 2.75) is 113 Å². The molecule has 0 heterocycles. The second-order valence-electron chi connectivity index (χ2n) is 17.0. The Balaban J connectivity index is 1.33. The van der Waals surface area contributed by atoms with Crippen molar-refractivity contribution in [2.75, 3.05) is 0 Å². The van der Waals surface area contributed by atoms with Crippen molar-refractivity contribution in [2.24, 2.45) is 56.2 Å². The number of fused-ring (bicyclic) bond motifs is 7. The first-order valence-corrected chi connectivity index (χ1v) is 17.1. The Hall–Kier alpha value is -1.94. The number of carbonyl (C=O) groups is 3. The summed E-state index contributed by atoms with van der Waals surface area (Å²) in [6, 6.07) is 9.90. The van der Waals surface area contributed by atoms with E-state index in [1.54, 1.807) is 0 Å². The van der Waals surface area contributed by atoms with Crippen molar-refractivity contribution in [1.29, 1.82) is 0 Å². The van der Waals surface area contributed by atoms with Gasteiger partial charge in [0.25, 0.3) is 0 Å². The minimum absolute atomic E-state index is 0.0756. The Morgan fingerprint density at radius 1 is 0.884 bits per heavy atom. The maximum absolute atomic E-state index is 14.6. The smallest absolute Gasteiger partial charge is 0.312 e. The molecule has 5 aliphatic carbocycles. The Morgan fingerprint density at radius 3 is 2.23 bits per heavy atom. The number of allylic oxidation sites excluding steroid dienone is 2. The van der Waals surface area contributed by atoms with E-state index in [-0.39, 0.29) is 67.7 Å². The van der Waals surface area contributed by atoms with Crippen LogP contribution in [0.15, 0.2) is 42.0 Å². The van der Waals surface area contributed by atoms with Crippen molar-refractivity contribution in [3.8, 4) is 0 Å². The third-order valence-electron chi connectivity index (χ3n) is 14.6. The van der Waals surface area contributed by atoms with E-state index >= 15 is 0 Å². The average molecular weight is 607 g/mol. The van der Waals surface area contributed by atoms with E-state index in [1.807, 2.05) is 30.3 Å². The fourth-order valence-corrected chi connectivity index (χ4v) is 12.1. The predicted octanol–water partition coefficient (Wildman–Crippen LogP) is 9.09. The summed E-state index contributed by atoms with van der Waals surface area (Å²) in [7, 11) is 0. The number of hydrogen-bond acceptors (Lipinski definition) is 4. The average Bonchev–Trinajstić information content (AvgIpc) is 2.93. The quantitative estimate of drug-likeness (QED) is 0.253. The molecule has 43 heavy (non-hydrogen) atoms. The van der Waals surface area contributed by atoms with Crippen LogP contribution in [-0.4, -0.2) is 17.0 Å². The highest BCUT2D eigenvalue weighted by Gasteiger charge is 2.70. The predicted molar refractivity (Wildman–Crippen MR) is 170 cm³/mol. The monoisotopic (exact) mass is 606 g/mol. The zero-order chi connectivity index (χ0) is 31.2. The summed E-state index contributed by atoms with van der Waals surface area (Å²) in [5.41, 5.74) is 1.11. The highest BCUT2D eigenvalue weighted by Crippen LogP contribution is 2.75. The summed E-state index contributed by atoms with van der Waals surface area (Å²) in [6.07, 6.45) is 10.4. The van der Waals surface area contributed by atoms with Gasteiger partial charge in [-0.25, -0.2) is 0 Å². The zero-order valence-electron chi connectivity index (χ0n) is 27.4.